The van der Waals surface area contributed by atoms with Crippen molar-refractivity contribution in [1.29, 1.82) is 0 Å². The van der Waals surface area contributed by atoms with Crippen molar-refractivity contribution in [2.45, 2.75) is 46.5 Å². The highest BCUT2D eigenvalue weighted by atomic mass is 14.6. The van der Waals surface area contributed by atoms with E-state index >= 15 is 0 Å². The van der Waals surface area contributed by atoms with Crippen LogP contribution in [0.5, 0.6) is 0 Å². The van der Waals surface area contributed by atoms with Crippen LogP contribution in [0.15, 0.2) is 0 Å². The average Bonchev–Trinajstić information content (AvgIpc) is 2.60. The molecule has 2 aliphatic carbocycles. The predicted molar refractivity (Wildman–Crippen MR) is 48.4 cm³/mol. The third-order valence-electron chi connectivity index (χ3n) is 4.14. The maximum Gasteiger partial charge on any atom is -0.0292 e. The SMILES string of the molecule is CC(C)C(C)C1CC2(CC2)C1. The molecule has 2 fully saturated rings. The molecule has 1 unspecified atom stereocenters. The lowest BCUT2D eigenvalue weighted by Gasteiger charge is -2.41. The van der Waals surface area contributed by atoms with Crippen molar-refractivity contribution in [1.82, 2.24) is 0 Å². The van der Waals surface area contributed by atoms with Crippen molar-refractivity contribution >= 4 is 0 Å². The molecule has 0 N–H and O–H groups in total. The molecule has 0 nitrogen and oxygen atoms in total. The molecule has 0 amide bonds. The van der Waals surface area contributed by atoms with Gasteiger partial charge in [-0.3, -0.25) is 0 Å². The van der Waals surface area contributed by atoms with Gasteiger partial charge in [0.2, 0.25) is 0 Å². The first-order chi connectivity index (χ1) is 5.13. The Hall–Kier alpha value is 0. The van der Waals surface area contributed by atoms with Gasteiger partial charge in [-0.25, -0.2) is 0 Å². The van der Waals surface area contributed by atoms with Gasteiger partial charge >= 0.3 is 0 Å². The molecule has 11 heavy (non-hydrogen) atoms. The molecule has 0 saturated heterocycles. The highest BCUT2D eigenvalue weighted by molar-refractivity contribution is 5.04. The van der Waals surface area contributed by atoms with Crippen LogP contribution in [-0.2, 0) is 0 Å². The van der Waals surface area contributed by atoms with Gasteiger partial charge in [-0.1, -0.05) is 20.8 Å². The van der Waals surface area contributed by atoms with Crippen LogP contribution >= 0.6 is 0 Å². The fourth-order valence-electron chi connectivity index (χ4n) is 2.55. The maximum absolute atomic E-state index is 2.44. The molecule has 0 aromatic carbocycles. The third-order valence-corrected chi connectivity index (χ3v) is 4.14. The summed E-state index contributed by atoms with van der Waals surface area (Å²) in [5.41, 5.74) is 0.911. The highest BCUT2D eigenvalue weighted by Gasteiger charge is 2.53. The van der Waals surface area contributed by atoms with Gasteiger partial charge in [0, 0.05) is 0 Å². The molecule has 0 aromatic heterocycles. The molecule has 0 radical (unpaired) electrons. The molecule has 2 rings (SSSR count). The van der Waals surface area contributed by atoms with Crippen molar-refractivity contribution in [2.24, 2.45) is 23.2 Å². The fraction of sp³-hybridized carbons (Fsp3) is 1.00. The van der Waals surface area contributed by atoms with Crippen LogP contribution in [0.1, 0.15) is 46.5 Å². The predicted octanol–water partition coefficient (Wildman–Crippen LogP) is 3.47. The van der Waals surface area contributed by atoms with Crippen molar-refractivity contribution in [3.8, 4) is 0 Å². The van der Waals surface area contributed by atoms with Crippen molar-refractivity contribution in [3.05, 3.63) is 0 Å². The summed E-state index contributed by atoms with van der Waals surface area (Å²) in [6.07, 6.45) is 6.22. The second kappa shape index (κ2) is 2.24. The second-order valence-electron chi connectivity index (χ2n) is 5.27. The Labute approximate surface area is 70.4 Å². The van der Waals surface area contributed by atoms with Gasteiger partial charge in [-0.05, 0) is 48.9 Å². The van der Waals surface area contributed by atoms with Crippen molar-refractivity contribution in [3.63, 3.8) is 0 Å². The van der Waals surface area contributed by atoms with E-state index in [-0.39, 0.29) is 0 Å². The highest BCUT2D eigenvalue weighted by Crippen LogP contribution is 2.65. The molecule has 1 spiro atoms. The van der Waals surface area contributed by atoms with E-state index in [1.807, 2.05) is 0 Å². The van der Waals surface area contributed by atoms with E-state index < -0.39 is 0 Å². The summed E-state index contributed by atoms with van der Waals surface area (Å²) in [5.74, 6) is 2.95. The van der Waals surface area contributed by atoms with Gasteiger partial charge in [0.15, 0.2) is 0 Å². The summed E-state index contributed by atoms with van der Waals surface area (Å²) in [6.45, 7) is 7.16. The van der Waals surface area contributed by atoms with Gasteiger partial charge in [0.1, 0.15) is 0 Å². The monoisotopic (exact) mass is 152 g/mol. The van der Waals surface area contributed by atoms with Gasteiger partial charge < -0.3 is 0 Å². The summed E-state index contributed by atoms with van der Waals surface area (Å²) in [5, 5.41) is 0. The maximum atomic E-state index is 2.44. The summed E-state index contributed by atoms with van der Waals surface area (Å²) in [7, 11) is 0. The molecule has 0 aliphatic heterocycles. The summed E-state index contributed by atoms with van der Waals surface area (Å²) < 4.78 is 0. The lowest BCUT2D eigenvalue weighted by atomic mass is 9.64. The first-order valence-electron chi connectivity index (χ1n) is 5.13. The largest absolute Gasteiger partial charge is 0.0625 e. The van der Waals surface area contributed by atoms with Gasteiger partial charge in [-0.15, -0.1) is 0 Å². The summed E-state index contributed by atoms with van der Waals surface area (Å²) in [4.78, 5) is 0. The molecule has 2 saturated carbocycles. The van der Waals surface area contributed by atoms with Crippen molar-refractivity contribution in [2.75, 3.05) is 0 Å². The standard InChI is InChI=1S/C11H20/c1-8(2)9(3)10-6-11(7-10)4-5-11/h8-10H,4-7H2,1-3H3. The van der Waals surface area contributed by atoms with Crippen LogP contribution < -0.4 is 0 Å². The topological polar surface area (TPSA) is 0 Å². The minimum Gasteiger partial charge on any atom is -0.0625 e. The molecule has 2 aliphatic rings. The lowest BCUT2D eigenvalue weighted by Crippen LogP contribution is -2.32. The Balaban J connectivity index is 1.81. The van der Waals surface area contributed by atoms with Crippen molar-refractivity contribution < 1.29 is 0 Å². The Kier molecular flexibility index (Phi) is 1.56. The molecular formula is C11H20. The average molecular weight is 152 g/mol. The molecule has 1 atom stereocenters. The van der Waals surface area contributed by atoms with Gasteiger partial charge in [-0.2, -0.15) is 0 Å². The summed E-state index contributed by atoms with van der Waals surface area (Å²) in [6, 6.07) is 0. The van der Waals surface area contributed by atoms with Gasteiger partial charge in [0.25, 0.3) is 0 Å². The van der Waals surface area contributed by atoms with Crippen LogP contribution in [0.3, 0.4) is 0 Å². The van der Waals surface area contributed by atoms with Crippen LogP contribution in [0.4, 0.5) is 0 Å². The van der Waals surface area contributed by atoms with Crippen LogP contribution in [0.25, 0.3) is 0 Å². The molecular weight excluding hydrogens is 132 g/mol. The lowest BCUT2D eigenvalue weighted by molar-refractivity contribution is 0.0880. The molecule has 64 valence electrons. The quantitative estimate of drug-likeness (QED) is 0.568. The van der Waals surface area contributed by atoms with E-state index in [4.69, 9.17) is 0 Å². The van der Waals surface area contributed by atoms with E-state index in [0.29, 0.717) is 0 Å². The van der Waals surface area contributed by atoms with Crippen LogP contribution in [0, 0.1) is 23.2 Å². The summed E-state index contributed by atoms with van der Waals surface area (Å²) >= 11 is 0. The molecule has 0 heteroatoms. The smallest absolute Gasteiger partial charge is 0.0292 e. The minimum absolute atomic E-state index is 0.899. The number of hydrogen-bond acceptors (Lipinski definition) is 0. The first kappa shape index (κ1) is 7.64. The van der Waals surface area contributed by atoms with E-state index in [0.717, 1.165) is 23.2 Å². The zero-order chi connectivity index (χ0) is 8.06. The zero-order valence-electron chi connectivity index (χ0n) is 8.06. The minimum atomic E-state index is 0.899. The zero-order valence-corrected chi connectivity index (χ0v) is 8.06. The van der Waals surface area contributed by atoms with Gasteiger partial charge in [0.05, 0.1) is 0 Å². The molecule has 0 heterocycles. The Morgan fingerprint density at radius 3 is 2.00 bits per heavy atom. The van der Waals surface area contributed by atoms with E-state index in [1.54, 1.807) is 25.7 Å². The Morgan fingerprint density at radius 1 is 1.09 bits per heavy atom. The third kappa shape index (κ3) is 1.21. The fourth-order valence-corrected chi connectivity index (χ4v) is 2.55. The second-order valence-corrected chi connectivity index (χ2v) is 5.27. The normalized spacial score (nSPS) is 30.5. The Morgan fingerprint density at radius 2 is 1.64 bits per heavy atom. The molecule has 0 bridgehead atoms. The number of rotatable bonds is 2. The van der Waals surface area contributed by atoms with E-state index in [9.17, 15) is 0 Å². The van der Waals surface area contributed by atoms with E-state index in [1.165, 1.54) is 0 Å². The van der Waals surface area contributed by atoms with Crippen LogP contribution in [0.2, 0.25) is 0 Å². The van der Waals surface area contributed by atoms with Crippen LogP contribution in [-0.4, -0.2) is 0 Å². The number of hydrogen-bond donors (Lipinski definition) is 0. The Bertz CT molecular complexity index is 145. The van der Waals surface area contributed by atoms with E-state index in [2.05, 4.69) is 20.8 Å². The first-order valence-corrected chi connectivity index (χ1v) is 5.13. The molecule has 0 aromatic rings.